The highest BCUT2D eigenvalue weighted by molar-refractivity contribution is 5.28. The second kappa shape index (κ2) is 6.20. The summed E-state index contributed by atoms with van der Waals surface area (Å²) in [5.74, 6) is 0.911. The highest BCUT2D eigenvalue weighted by atomic mass is 16.5. The first-order valence-electron chi connectivity index (χ1n) is 6.43. The Morgan fingerprint density at radius 3 is 2.39 bits per heavy atom. The minimum atomic E-state index is -0.658. The quantitative estimate of drug-likeness (QED) is 0.812. The van der Waals surface area contributed by atoms with E-state index in [4.69, 9.17) is 10.5 Å². The molecule has 1 rings (SSSR count). The van der Waals surface area contributed by atoms with E-state index in [0.29, 0.717) is 18.2 Å². The van der Waals surface area contributed by atoms with Gasteiger partial charge in [0, 0.05) is 12.0 Å². The van der Waals surface area contributed by atoms with Crippen LogP contribution in [0.15, 0.2) is 6.20 Å². The second-order valence-electron chi connectivity index (χ2n) is 5.22. The number of aromatic nitrogens is 2. The van der Waals surface area contributed by atoms with E-state index in [1.807, 2.05) is 13.8 Å². The molecular weight excluding hydrogens is 230 g/mol. The molecule has 0 saturated carbocycles. The Morgan fingerprint density at radius 1 is 1.39 bits per heavy atom. The minimum absolute atomic E-state index is 0.00639. The van der Waals surface area contributed by atoms with Crippen LogP contribution in [-0.2, 0) is 0 Å². The van der Waals surface area contributed by atoms with Crippen molar-refractivity contribution in [2.24, 2.45) is 17.6 Å². The van der Waals surface area contributed by atoms with Gasteiger partial charge in [-0.15, -0.1) is 0 Å². The predicted octanol–water partition coefficient (Wildman–Crippen LogP) is 1.74. The van der Waals surface area contributed by atoms with Crippen molar-refractivity contribution >= 4 is 0 Å². The lowest BCUT2D eigenvalue weighted by Gasteiger charge is -2.27. The van der Waals surface area contributed by atoms with Crippen LogP contribution in [0.4, 0.5) is 0 Å². The topological polar surface area (TPSA) is 73.3 Å². The first-order chi connectivity index (χ1) is 8.43. The number of ether oxygens (including phenoxy) is 1. The molecule has 0 aliphatic rings. The van der Waals surface area contributed by atoms with Crippen LogP contribution in [0.2, 0.25) is 0 Å². The number of hydrogen-bond acceptors (Lipinski definition) is 4. The molecule has 5 heteroatoms. The van der Waals surface area contributed by atoms with Gasteiger partial charge in [-0.2, -0.15) is 5.10 Å². The summed E-state index contributed by atoms with van der Waals surface area (Å²) in [6, 6.07) is 0.170. The Balaban J connectivity index is 3.16. The second-order valence-corrected chi connectivity index (χ2v) is 5.22. The molecule has 2 atom stereocenters. The van der Waals surface area contributed by atoms with E-state index in [1.54, 1.807) is 18.0 Å². The molecule has 1 heterocycles. The number of nitrogens with zero attached hydrogens (tertiary/aromatic N) is 2. The Morgan fingerprint density at radius 2 is 2.00 bits per heavy atom. The Labute approximate surface area is 109 Å². The van der Waals surface area contributed by atoms with Crippen LogP contribution in [-0.4, -0.2) is 28.5 Å². The van der Waals surface area contributed by atoms with Crippen LogP contribution >= 0.6 is 0 Å². The SMILES string of the molecule is COc1cnn(C(C)C)c1C(O)C(CN)C(C)C. The molecule has 0 aromatic carbocycles. The summed E-state index contributed by atoms with van der Waals surface area (Å²) in [6.45, 7) is 8.60. The summed E-state index contributed by atoms with van der Waals surface area (Å²) < 4.78 is 7.09. The van der Waals surface area contributed by atoms with Gasteiger partial charge < -0.3 is 15.6 Å². The molecule has 0 radical (unpaired) electrons. The number of hydrogen-bond donors (Lipinski definition) is 2. The molecular formula is C13H25N3O2. The lowest BCUT2D eigenvalue weighted by Crippen LogP contribution is -2.28. The number of methoxy groups -OCH3 is 1. The number of aliphatic hydroxyl groups excluding tert-OH is 1. The average Bonchev–Trinajstić information content (AvgIpc) is 2.72. The fraction of sp³-hybridized carbons (Fsp3) is 0.769. The zero-order valence-corrected chi connectivity index (χ0v) is 11.9. The molecule has 104 valence electrons. The third kappa shape index (κ3) is 2.84. The van der Waals surface area contributed by atoms with Crippen molar-refractivity contribution in [3.8, 4) is 5.75 Å². The third-order valence-corrected chi connectivity index (χ3v) is 3.32. The molecule has 0 fully saturated rings. The molecule has 0 bridgehead atoms. The first kappa shape index (κ1) is 15.0. The molecule has 18 heavy (non-hydrogen) atoms. The lowest BCUT2D eigenvalue weighted by atomic mass is 9.88. The maximum Gasteiger partial charge on any atom is 0.162 e. The van der Waals surface area contributed by atoms with Crippen molar-refractivity contribution in [1.82, 2.24) is 9.78 Å². The van der Waals surface area contributed by atoms with E-state index >= 15 is 0 Å². The predicted molar refractivity (Wildman–Crippen MR) is 71.5 cm³/mol. The van der Waals surface area contributed by atoms with Crippen molar-refractivity contribution in [2.75, 3.05) is 13.7 Å². The maximum absolute atomic E-state index is 10.6. The highest BCUT2D eigenvalue weighted by Gasteiger charge is 2.29. The van der Waals surface area contributed by atoms with E-state index in [1.165, 1.54) is 0 Å². The van der Waals surface area contributed by atoms with Gasteiger partial charge in [0.1, 0.15) is 11.8 Å². The van der Waals surface area contributed by atoms with Crippen LogP contribution in [0.5, 0.6) is 5.75 Å². The third-order valence-electron chi connectivity index (χ3n) is 3.32. The first-order valence-corrected chi connectivity index (χ1v) is 6.43. The van der Waals surface area contributed by atoms with Gasteiger partial charge in [0.15, 0.2) is 5.75 Å². The molecule has 0 aliphatic carbocycles. The molecule has 0 aliphatic heterocycles. The average molecular weight is 255 g/mol. The molecule has 1 aromatic rings. The van der Waals surface area contributed by atoms with Gasteiger partial charge in [0.25, 0.3) is 0 Å². The van der Waals surface area contributed by atoms with Crippen LogP contribution in [0.3, 0.4) is 0 Å². The Hall–Kier alpha value is -1.07. The van der Waals surface area contributed by atoms with Gasteiger partial charge in [-0.25, -0.2) is 0 Å². The summed E-state index contributed by atoms with van der Waals surface area (Å²) in [6.07, 6.45) is 0.988. The van der Waals surface area contributed by atoms with Crippen LogP contribution < -0.4 is 10.5 Å². The fourth-order valence-electron chi connectivity index (χ4n) is 2.17. The van der Waals surface area contributed by atoms with Crippen LogP contribution in [0.25, 0.3) is 0 Å². The number of rotatable bonds is 6. The standard InChI is InChI=1S/C13H25N3O2/c1-8(2)10(6-14)13(17)12-11(18-5)7-15-16(12)9(3)4/h7-10,13,17H,6,14H2,1-5H3. The van der Waals surface area contributed by atoms with Gasteiger partial charge in [-0.1, -0.05) is 13.8 Å². The molecule has 1 aromatic heterocycles. The van der Waals surface area contributed by atoms with Crippen molar-refractivity contribution in [2.45, 2.75) is 39.8 Å². The maximum atomic E-state index is 10.6. The Bertz CT molecular complexity index is 374. The molecule has 0 saturated heterocycles. The molecule has 2 unspecified atom stereocenters. The lowest BCUT2D eigenvalue weighted by molar-refractivity contribution is 0.0742. The molecule has 0 spiro atoms. The van der Waals surface area contributed by atoms with E-state index in [2.05, 4.69) is 18.9 Å². The van der Waals surface area contributed by atoms with Crippen molar-refractivity contribution in [3.05, 3.63) is 11.9 Å². The largest absolute Gasteiger partial charge is 0.493 e. The van der Waals surface area contributed by atoms with E-state index < -0.39 is 6.10 Å². The minimum Gasteiger partial charge on any atom is -0.493 e. The molecule has 5 nitrogen and oxygen atoms in total. The summed E-state index contributed by atoms with van der Waals surface area (Å²) in [4.78, 5) is 0. The highest BCUT2D eigenvalue weighted by Crippen LogP contribution is 2.34. The van der Waals surface area contributed by atoms with Crippen LogP contribution in [0.1, 0.15) is 45.5 Å². The van der Waals surface area contributed by atoms with Gasteiger partial charge in [0.2, 0.25) is 0 Å². The normalized spacial score (nSPS) is 15.2. The van der Waals surface area contributed by atoms with Gasteiger partial charge in [-0.05, 0) is 26.3 Å². The van der Waals surface area contributed by atoms with Gasteiger partial charge in [-0.3, -0.25) is 4.68 Å². The number of aliphatic hydroxyl groups is 1. The number of nitrogens with two attached hydrogens (primary N) is 1. The van der Waals surface area contributed by atoms with Crippen LogP contribution in [0, 0.1) is 11.8 Å². The van der Waals surface area contributed by atoms with Crippen molar-refractivity contribution in [3.63, 3.8) is 0 Å². The van der Waals surface area contributed by atoms with Crippen molar-refractivity contribution < 1.29 is 9.84 Å². The van der Waals surface area contributed by atoms with E-state index in [-0.39, 0.29) is 12.0 Å². The van der Waals surface area contributed by atoms with E-state index in [9.17, 15) is 5.11 Å². The summed E-state index contributed by atoms with van der Waals surface area (Å²) in [7, 11) is 1.59. The summed E-state index contributed by atoms with van der Waals surface area (Å²) in [5, 5.41) is 14.8. The summed E-state index contributed by atoms with van der Waals surface area (Å²) in [5.41, 5.74) is 6.49. The van der Waals surface area contributed by atoms with Gasteiger partial charge in [0.05, 0.1) is 13.3 Å². The van der Waals surface area contributed by atoms with Crippen molar-refractivity contribution in [1.29, 1.82) is 0 Å². The monoisotopic (exact) mass is 255 g/mol. The fourth-order valence-corrected chi connectivity index (χ4v) is 2.17. The molecule has 0 amide bonds. The van der Waals surface area contributed by atoms with E-state index in [0.717, 1.165) is 5.69 Å². The molecule has 3 N–H and O–H groups in total. The van der Waals surface area contributed by atoms with Gasteiger partial charge >= 0.3 is 0 Å². The summed E-state index contributed by atoms with van der Waals surface area (Å²) >= 11 is 0. The Kier molecular flexibility index (Phi) is 5.16. The smallest absolute Gasteiger partial charge is 0.162 e. The zero-order chi connectivity index (χ0) is 13.9. The zero-order valence-electron chi connectivity index (χ0n) is 11.9.